The minimum Gasteiger partial charge on any atom is -0.379 e. The van der Waals surface area contributed by atoms with Gasteiger partial charge in [-0.25, -0.2) is 0 Å². The summed E-state index contributed by atoms with van der Waals surface area (Å²) >= 11 is 6.32. The maximum absolute atomic E-state index is 6.32. The highest BCUT2D eigenvalue weighted by Gasteiger charge is 2.21. The van der Waals surface area contributed by atoms with Crippen molar-refractivity contribution in [3.05, 3.63) is 28.8 Å². The normalized spacial score (nSPS) is 19.6. The summed E-state index contributed by atoms with van der Waals surface area (Å²) < 4.78 is 5.40. The molecule has 1 unspecified atom stereocenters. The topological polar surface area (TPSA) is 38.5 Å². The smallest absolute Gasteiger partial charge is 0.0670 e. The number of rotatable bonds is 4. The molecule has 0 aromatic heterocycles. The van der Waals surface area contributed by atoms with Gasteiger partial charge in [0.25, 0.3) is 0 Å². The Morgan fingerprint density at radius 2 is 2.35 bits per heavy atom. The van der Waals surface area contributed by atoms with E-state index in [-0.39, 0.29) is 0 Å². The molecular formula is C13H19ClN2O. The van der Waals surface area contributed by atoms with Crippen molar-refractivity contribution >= 4 is 17.3 Å². The summed E-state index contributed by atoms with van der Waals surface area (Å²) in [5.41, 5.74) is 7.80. The van der Waals surface area contributed by atoms with Gasteiger partial charge < -0.3 is 15.4 Å². The van der Waals surface area contributed by atoms with Crippen molar-refractivity contribution in [2.45, 2.75) is 18.9 Å². The molecule has 1 saturated heterocycles. The molecule has 0 saturated carbocycles. The molecule has 1 fully saturated rings. The summed E-state index contributed by atoms with van der Waals surface area (Å²) in [4.78, 5) is 2.21. The average Bonchev–Trinajstić information content (AvgIpc) is 2.82. The molecule has 0 bridgehead atoms. The maximum atomic E-state index is 6.32. The molecule has 1 aromatic carbocycles. The molecule has 0 aliphatic carbocycles. The van der Waals surface area contributed by atoms with Crippen molar-refractivity contribution in [3.8, 4) is 0 Å². The molecule has 0 radical (unpaired) electrons. The number of hydrogen-bond acceptors (Lipinski definition) is 3. The van der Waals surface area contributed by atoms with Crippen LogP contribution in [0.25, 0.3) is 0 Å². The van der Waals surface area contributed by atoms with Crippen LogP contribution in [0, 0.1) is 0 Å². The van der Waals surface area contributed by atoms with Crippen molar-refractivity contribution in [1.29, 1.82) is 0 Å². The third kappa shape index (κ3) is 2.92. The Balaban J connectivity index is 2.14. The zero-order valence-electron chi connectivity index (χ0n) is 10.2. The largest absolute Gasteiger partial charge is 0.379 e. The van der Waals surface area contributed by atoms with E-state index in [2.05, 4.69) is 24.1 Å². The number of ether oxygens (including phenoxy) is 1. The lowest BCUT2D eigenvalue weighted by Gasteiger charge is -2.26. The molecule has 1 heterocycles. The third-order valence-electron chi connectivity index (χ3n) is 3.28. The number of halogens is 1. The van der Waals surface area contributed by atoms with Gasteiger partial charge in [-0.05, 0) is 37.1 Å². The first-order chi connectivity index (χ1) is 8.22. The molecule has 4 heteroatoms. The Morgan fingerprint density at radius 3 is 2.94 bits per heavy atom. The van der Waals surface area contributed by atoms with Gasteiger partial charge in [0.05, 0.1) is 23.4 Å². The third-order valence-corrected chi connectivity index (χ3v) is 3.58. The Labute approximate surface area is 107 Å². The maximum Gasteiger partial charge on any atom is 0.0670 e. The number of likely N-dealkylation sites (N-methyl/N-ethyl adjacent to an activating group) is 1. The van der Waals surface area contributed by atoms with Gasteiger partial charge in [-0.15, -0.1) is 0 Å². The molecule has 0 spiro atoms. The van der Waals surface area contributed by atoms with Gasteiger partial charge in [-0.1, -0.05) is 17.7 Å². The second-order valence-electron chi connectivity index (χ2n) is 4.45. The molecule has 1 aromatic rings. The first-order valence-corrected chi connectivity index (χ1v) is 6.39. The van der Waals surface area contributed by atoms with Crippen LogP contribution in [0.3, 0.4) is 0 Å². The van der Waals surface area contributed by atoms with E-state index in [4.69, 9.17) is 22.1 Å². The van der Waals surface area contributed by atoms with Crippen LogP contribution in [0.1, 0.15) is 12.0 Å². The van der Waals surface area contributed by atoms with E-state index in [0.717, 1.165) is 36.8 Å². The van der Waals surface area contributed by atoms with Crippen LogP contribution in [0.15, 0.2) is 18.2 Å². The van der Waals surface area contributed by atoms with Crippen molar-refractivity contribution < 1.29 is 4.74 Å². The van der Waals surface area contributed by atoms with Crippen molar-refractivity contribution in [2.24, 2.45) is 5.73 Å². The van der Waals surface area contributed by atoms with Crippen molar-refractivity contribution in [3.63, 3.8) is 0 Å². The van der Waals surface area contributed by atoms with E-state index in [0.29, 0.717) is 12.6 Å². The van der Waals surface area contributed by atoms with Crippen molar-refractivity contribution in [2.75, 3.05) is 31.7 Å². The molecule has 1 aliphatic heterocycles. The highest BCUT2D eigenvalue weighted by molar-refractivity contribution is 6.33. The average molecular weight is 255 g/mol. The van der Waals surface area contributed by atoms with Crippen LogP contribution in [-0.4, -0.2) is 32.8 Å². The van der Waals surface area contributed by atoms with Crippen LogP contribution in [0.5, 0.6) is 0 Å². The van der Waals surface area contributed by atoms with E-state index < -0.39 is 0 Å². The van der Waals surface area contributed by atoms with E-state index in [1.54, 1.807) is 0 Å². The lowest BCUT2D eigenvalue weighted by atomic mass is 10.1. The predicted octanol–water partition coefficient (Wildman–Crippen LogP) is 2.07. The summed E-state index contributed by atoms with van der Waals surface area (Å²) in [6, 6.07) is 6.62. The van der Waals surface area contributed by atoms with Crippen LogP contribution in [0.4, 0.5) is 5.69 Å². The van der Waals surface area contributed by atoms with Gasteiger partial charge in [-0.2, -0.15) is 0 Å². The van der Waals surface area contributed by atoms with E-state index in [9.17, 15) is 0 Å². The lowest BCUT2D eigenvalue weighted by Crippen LogP contribution is -2.31. The molecule has 3 nitrogen and oxygen atoms in total. The first-order valence-electron chi connectivity index (χ1n) is 6.01. The standard InChI is InChI=1S/C13H19ClN2O/c1-16(11-5-7-17-9-11)13-3-2-10(4-6-15)8-12(13)14/h2-3,8,11H,4-7,9,15H2,1H3. The summed E-state index contributed by atoms with van der Waals surface area (Å²) in [5.74, 6) is 0. The summed E-state index contributed by atoms with van der Waals surface area (Å²) in [5, 5.41) is 0.797. The second kappa shape index (κ2) is 5.71. The molecule has 2 rings (SSSR count). The number of anilines is 1. The Hall–Kier alpha value is -0.770. The summed E-state index contributed by atoms with van der Waals surface area (Å²) in [7, 11) is 2.07. The fourth-order valence-electron chi connectivity index (χ4n) is 2.18. The van der Waals surface area contributed by atoms with Gasteiger partial charge in [0, 0.05) is 13.7 Å². The first kappa shape index (κ1) is 12.7. The molecule has 1 aliphatic rings. The fraction of sp³-hybridized carbons (Fsp3) is 0.538. The quantitative estimate of drug-likeness (QED) is 0.894. The van der Waals surface area contributed by atoms with Gasteiger partial charge in [0.2, 0.25) is 0 Å². The van der Waals surface area contributed by atoms with Crippen LogP contribution < -0.4 is 10.6 Å². The molecule has 0 amide bonds. The number of benzene rings is 1. The van der Waals surface area contributed by atoms with Crippen LogP contribution in [-0.2, 0) is 11.2 Å². The van der Waals surface area contributed by atoms with Crippen LogP contribution in [0.2, 0.25) is 5.02 Å². The number of nitrogens with zero attached hydrogens (tertiary/aromatic N) is 1. The highest BCUT2D eigenvalue weighted by atomic mass is 35.5. The zero-order chi connectivity index (χ0) is 12.3. The SMILES string of the molecule is CN(c1ccc(CCN)cc1Cl)C1CCOC1. The Bertz CT molecular complexity index is 378. The van der Waals surface area contributed by atoms with E-state index in [1.165, 1.54) is 5.56 Å². The monoisotopic (exact) mass is 254 g/mol. The van der Waals surface area contributed by atoms with Gasteiger partial charge in [0.15, 0.2) is 0 Å². The minimum absolute atomic E-state index is 0.438. The van der Waals surface area contributed by atoms with Gasteiger partial charge in [0.1, 0.15) is 0 Å². The highest BCUT2D eigenvalue weighted by Crippen LogP contribution is 2.29. The molecule has 2 N–H and O–H groups in total. The minimum atomic E-state index is 0.438. The number of hydrogen-bond donors (Lipinski definition) is 1. The zero-order valence-corrected chi connectivity index (χ0v) is 10.9. The summed E-state index contributed by atoms with van der Waals surface area (Å²) in [6.07, 6.45) is 1.94. The van der Waals surface area contributed by atoms with Crippen LogP contribution >= 0.6 is 11.6 Å². The Kier molecular flexibility index (Phi) is 4.26. The molecule has 94 valence electrons. The number of nitrogens with two attached hydrogens (primary N) is 1. The Morgan fingerprint density at radius 1 is 1.53 bits per heavy atom. The predicted molar refractivity (Wildman–Crippen MR) is 71.8 cm³/mol. The molecule has 17 heavy (non-hydrogen) atoms. The van der Waals surface area contributed by atoms with Crippen molar-refractivity contribution in [1.82, 2.24) is 0 Å². The van der Waals surface area contributed by atoms with Gasteiger partial charge >= 0.3 is 0 Å². The van der Waals surface area contributed by atoms with E-state index in [1.807, 2.05) is 6.07 Å². The second-order valence-corrected chi connectivity index (χ2v) is 4.86. The fourth-order valence-corrected chi connectivity index (χ4v) is 2.52. The molecular weight excluding hydrogens is 236 g/mol. The van der Waals surface area contributed by atoms with Gasteiger partial charge in [-0.3, -0.25) is 0 Å². The van der Waals surface area contributed by atoms with E-state index >= 15 is 0 Å². The molecule has 1 atom stereocenters. The lowest BCUT2D eigenvalue weighted by molar-refractivity contribution is 0.193. The summed E-state index contributed by atoms with van der Waals surface area (Å²) in [6.45, 7) is 2.29.